The van der Waals surface area contributed by atoms with Gasteiger partial charge in [-0.3, -0.25) is 4.79 Å². The molecular weight excluding hydrogens is 363 g/mol. The van der Waals surface area contributed by atoms with Crippen LogP contribution in [0.2, 0.25) is 10.0 Å². The lowest BCUT2D eigenvalue weighted by molar-refractivity contribution is -0.129. The fourth-order valence-electron chi connectivity index (χ4n) is 2.55. The minimum atomic E-state index is -0.158. The fourth-order valence-corrected chi connectivity index (χ4v) is 4.05. The Morgan fingerprint density at radius 2 is 2.23 bits per heavy atom. The van der Waals surface area contributed by atoms with Gasteiger partial charge < -0.3 is 10.2 Å². The summed E-state index contributed by atoms with van der Waals surface area (Å²) < 4.78 is 0. The first-order chi connectivity index (χ1) is 10.0. The van der Waals surface area contributed by atoms with Crippen molar-refractivity contribution < 1.29 is 4.79 Å². The zero-order valence-electron chi connectivity index (χ0n) is 12.6. The normalized spacial score (nSPS) is 18.9. The second-order valence-corrected chi connectivity index (χ2v) is 7.56. The summed E-state index contributed by atoms with van der Waals surface area (Å²) in [6, 6.07) is 5.33. The quantitative estimate of drug-likeness (QED) is 0.781. The third-order valence-corrected chi connectivity index (χ3v) is 5.46. The van der Waals surface area contributed by atoms with E-state index in [9.17, 15) is 4.79 Å². The van der Waals surface area contributed by atoms with Crippen LogP contribution in [0.25, 0.3) is 0 Å². The molecule has 124 valence electrons. The van der Waals surface area contributed by atoms with Crippen LogP contribution < -0.4 is 5.32 Å². The lowest BCUT2D eigenvalue weighted by Gasteiger charge is -2.21. The molecule has 1 aromatic rings. The van der Waals surface area contributed by atoms with Crippen molar-refractivity contribution in [1.29, 1.82) is 0 Å². The molecule has 2 unspecified atom stereocenters. The fraction of sp³-hybridized carbons (Fsp3) is 0.533. The van der Waals surface area contributed by atoms with Crippen LogP contribution in [0.4, 0.5) is 0 Å². The molecule has 0 spiro atoms. The standard InChI is InChI=1S/C15H20Cl2N2OS.ClH/c1-10(21-14-7-12(16)3-4-13(14)17)15(20)19-6-5-11(9-19)8-18-2;/h3-4,7,10-11,18H,5-6,8-9H2,1-2H3;1H. The topological polar surface area (TPSA) is 32.3 Å². The number of benzene rings is 1. The third kappa shape index (κ3) is 5.20. The third-order valence-electron chi connectivity index (χ3n) is 3.64. The summed E-state index contributed by atoms with van der Waals surface area (Å²) >= 11 is 13.6. The molecule has 1 aliphatic rings. The van der Waals surface area contributed by atoms with Crippen LogP contribution in [0, 0.1) is 5.92 Å². The van der Waals surface area contributed by atoms with E-state index in [0.29, 0.717) is 16.0 Å². The van der Waals surface area contributed by atoms with Crippen LogP contribution in [0.3, 0.4) is 0 Å². The van der Waals surface area contributed by atoms with E-state index in [1.165, 1.54) is 11.8 Å². The van der Waals surface area contributed by atoms with Crippen molar-refractivity contribution in [2.75, 3.05) is 26.7 Å². The SMILES string of the molecule is CNCC1CCN(C(=O)C(C)Sc2cc(Cl)ccc2Cl)C1.Cl. The number of halogens is 3. The van der Waals surface area contributed by atoms with Gasteiger partial charge in [0.1, 0.15) is 0 Å². The number of hydrogen-bond donors (Lipinski definition) is 1. The highest BCUT2D eigenvalue weighted by Gasteiger charge is 2.29. The largest absolute Gasteiger partial charge is 0.341 e. The van der Waals surface area contributed by atoms with E-state index in [1.807, 2.05) is 24.9 Å². The Hall–Kier alpha value is -0.130. The number of amides is 1. The predicted molar refractivity (Wildman–Crippen MR) is 97.6 cm³/mol. The number of nitrogens with one attached hydrogen (secondary N) is 1. The van der Waals surface area contributed by atoms with Gasteiger partial charge in [-0.25, -0.2) is 0 Å². The van der Waals surface area contributed by atoms with Crippen LogP contribution in [-0.2, 0) is 4.79 Å². The van der Waals surface area contributed by atoms with E-state index in [-0.39, 0.29) is 23.6 Å². The Morgan fingerprint density at radius 3 is 2.91 bits per heavy atom. The lowest BCUT2D eigenvalue weighted by Crippen LogP contribution is -2.35. The molecule has 7 heteroatoms. The summed E-state index contributed by atoms with van der Waals surface area (Å²) in [4.78, 5) is 15.3. The van der Waals surface area contributed by atoms with Crippen molar-refractivity contribution >= 4 is 53.3 Å². The van der Waals surface area contributed by atoms with E-state index in [4.69, 9.17) is 23.2 Å². The Bertz CT molecular complexity index is 516. The van der Waals surface area contributed by atoms with Crippen molar-refractivity contribution in [3.63, 3.8) is 0 Å². The Balaban J connectivity index is 0.00000242. The summed E-state index contributed by atoms with van der Waals surface area (Å²) in [6.07, 6.45) is 1.07. The minimum absolute atomic E-state index is 0. The van der Waals surface area contributed by atoms with Gasteiger partial charge in [0.2, 0.25) is 5.91 Å². The molecular formula is C15H21Cl3N2OS. The van der Waals surface area contributed by atoms with Crippen molar-refractivity contribution in [2.24, 2.45) is 5.92 Å². The highest BCUT2D eigenvalue weighted by atomic mass is 35.5. The van der Waals surface area contributed by atoms with E-state index in [0.717, 1.165) is 31.0 Å². The van der Waals surface area contributed by atoms with Gasteiger partial charge in [0.25, 0.3) is 0 Å². The van der Waals surface area contributed by atoms with Gasteiger partial charge >= 0.3 is 0 Å². The van der Waals surface area contributed by atoms with Crippen molar-refractivity contribution in [2.45, 2.75) is 23.5 Å². The van der Waals surface area contributed by atoms with Crippen molar-refractivity contribution in [1.82, 2.24) is 10.2 Å². The molecule has 2 rings (SSSR count). The second-order valence-electron chi connectivity index (χ2n) is 5.33. The van der Waals surface area contributed by atoms with Crippen molar-refractivity contribution in [3.8, 4) is 0 Å². The van der Waals surface area contributed by atoms with E-state index >= 15 is 0 Å². The summed E-state index contributed by atoms with van der Waals surface area (Å²) in [6.45, 7) is 4.58. The summed E-state index contributed by atoms with van der Waals surface area (Å²) in [7, 11) is 1.95. The molecule has 0 saturated carbocycles. The maximum absolute atomic E-state index is 12.5. The highest BCUT2D eigenvalue weighted by molar-refractivity contribution is 8.00. The molecule has 0 aliphatic carbocycles. The van der Waals surface area contributed by atoms with Crippen LogP contribution >= 0.6 is 47.4 Å². The maximum Gasteiger partial charge on any atom is 0.235 e. The average Bonchev–Trinajstić information content (AvgIpc) is 2.91. The van der Waals surface area contributed by atoms with Gasteiger partial charge in [-0.05, 0) is 51.1 Å². The first-order valence-corrected chi connectivity index (χ1v) is 8.70. The van der Waals surface area contributed by atoms with Crippen molar-refractivity contribution in [3.05, 3.63) is 28.2 Å². The Morgan fingerprint density at radius 1 is 1.50 bits per heavy atom. The number of carbonyl (C=O) groups is 1. The molecule has 1 aliphatic heterocycles. The smallest absolute Gasteiger partial charge is 0.235 e. The predicted octanol–water partition coefficient (Wildman–Crippen LogP) is 3.96. The van der Waals surface area contributed by atoms with E-state index < -0.39 is 0 Å². The van der Waals surface area contributed by atoms with Gasteiger partial charge in [0.15, 0.2) is 0 Å². The molecule has 0 bridgehead atoms. The minimum Gasteiger partial charge on any atom is -0.341 e. The summed E-state index contributed by atoms with van der Waals surface area (Å²) in [5, 5.41) is 4.29. The molecule has 1 fully saturated rings. The first kappa shape index (κ1) is 19.9. The van der Waals surface area contributed by atoms with Gasteiger partial charge in [0.05, 0.1) is 10.3 Å². The molecule has 0 aromatic heterocycles. The highest BCUT2D eigenvalue weighted by Crippen LogP contribution is 2.33. The molecule has 1 saturated heterocycles. The molecule has 1 heterocycles. The molecule has 22 heavy (non-hydrogen) atoms. The number of rotatable bonds is 5. The molecule has 1 N–H and O–H groups in total. The molecule has 1 aromatic carbocycles. The Labute approximate surface area is 152 Å². The van der Waals surface area contributed by atoms with Crippen LogP contribution in [0.5, 0.6) is 0 Å². The van der Waals surface area contributed by atoms with E-state index in [2.05, 4.69) is 5.32 Å². The van der Waals surface area contributed by atoms with Gasteiger partial charge in [0, 0.05) is 23.0 Å². The number of hydrogen-bond acceptors (Lipinski definition) is 3. The Kier molecular flexibility index (Phi) is 8.36. The zero-order chi connectivity index (χ0) is 15.4. The lowest BCUT2D eigenvalue weighted by atomic mass is 10.1. The van der Waals surface area contributed by atoms with Crippen LogP contribution in [-0.4, -0.2) is 42.7 Å². The zero-order valence-corrected chi connectivity index (χ0v) is 15.8. The molecule has 1 amide bonds. The number of likely N-dealkylation sites (tertiary alicyclic amines) is 1. The molecule has 0 radical (unpaired) electrons. The van der Waals surface area contributed by atoms with E-state index in [1.54, 1.807) is 12.1 Å². The van der Waals surface area contributed by atoms with Gasteiger partial charge in [-0.2, -0.15) is 0 Å². The van der Waals surface area contributed by atoms with Crippen LogP contribution in [0.15, 0.2) is 23.1 Å². The summed E-state index contributed by atoms with van der Waals surface area (Å²) in [5.41, 5.74) is 0. The monoisotopic (exact) mass is 382 g/mol. The molecule has 3 nitrogen and oxygen atoms in total. The van der Waals surface area contributed by atoms with Gasteiger partial charge in [-0.15, -0.1) is 24.2 Å². The van der Waals surface area contributed by atoms with Gasteiger partial charge in [-0.1, -0.05) is 23.2 Å². The number of thioether (sulfide) groups is 1. The first-order valence-electron chi connectivity index (χ1n) is 7.06. The molecule has 2 atom stereocenters. The number of carbonyl (C=O) groups excluding carboxylic acids is 1. The average molecular weight is 384 g/mol. The second kappa shape index (κ2) is 9.24. The number of nitrogens with zero attached hydrogens (tertiary/aromatic N) is 1. The van der Waals surface area contributed by atoms with Crippen LogP contribution in [0.1, 0.15) is 13.3 Å². The summed E-state index contributed by atoms with van der Waals surface area (Å²) in [5.74, 6) is 0.737. The maximum atomic E-state index is 12.5.